The number of carbonyl (C=O) groups is 1. The molecule has 16 heavy (non-hydrogen) atoms. The predicted molar refractivity (Wildman–Crippen MR) is 71.6 cm³/mol. The maximum Gasteiger partial charge on any atom is 0.314 e. The van der Waals surface area contributed by atoms with Crippen molar-refractivity contribution in [1.29, 1.82) is 0 Å². The Morgan fingerprint density at radius 3 is 1.44 bits per heavy atom. The highest BCUT2D eigenvalue weighted by molar-refractivity contribution is 5.71. The summed E-state index contributed by atoms with van der Waals surface area (Å²) in [4.78, 5) is 12.6. The second kappa shape index (κ2) is 14.3. The highest BCUT2D eigenvalue weighted by Crippen LogP contribution is 1.98. The van der Waals surface area contributed by atoms with Crippen LogP contribution in [0.4, 0.5) is 4.79 Å². The molecule has 0 unspecified atom stereocenters. The molecule has 0 aromatic carbocycles. The van der Waals surface area contributed by atoms with Crippen molar-refractivity contribution >= 4 is 6.03 Å². The molecule has 0 atom stereocenters. The number of nitrogens with two attached hydrogens (primary N) is 1. The maximum absolute atomic E-state index is 10.9. The summed E-state index contributed by atoms with van der Waals surface area (Å²) in [6.45, 7) is 10.2. The number of unbranched alkanes of at least 4 members (excludes halogenated alkanes) is 3. The van der Waals surface area contributed by atoms with Crippen molar-refractivity contribution in [3.8, 4) is 0 Å². The molecule has 0 aliphatic carbocycles. The minimum Gasteiger partial charge on any atom is -0.351 e. The first-order chi connectivity index (χ1) is 7.63. The van der Waals surface area contributed by atoms with Crippen LogP contribution >= 0.6 is 0 Å². The van der Waals surface area contributed by atoms with Gasteiger partial charge >= 0.3 is 6.03 Å². The highest BCUT2D eigenvalue weighted by Gasteiger charge is 2.06. The fraction of sp³-hybridized carbons (Fsp3) is 0.923. The summed E-state index contributed by atoms with van der Waals surface area (Å²) in [7, 11) is 0. The summed E-state index contributed by atoms with van der Waals surface area (Å²) >= 11 is 0. The average Bonchev–Trinajstić information content (AvgIpc) is 2.29. The van der Waals surface area contributed by atoms with Crippen LogP contribution < -0.4 is 5.73 Å². The third-order valence-electron chi connectivity index (χ3n) is 2.37. The lowest BCUT2D eigenvalue weighted by Gasteiger charge is -2.19. The number of hydrogen-bond acceptors (Lipinski definition) is 1. The molecule has 0 spiro atoms. The number of rotatable bonds is 7. The second-order valence-electron chi connectivity index (χ2n) is 4.03. The Bertz CT molecular complexity index is 139. The van der Waals surface area contributed by atoms with Gasteiger partial charge in [0.1, 0.15) is 0 Å². The van der Waals surface area contributed by atoms with E-state index < -0.39 is 0 Å². The molecular weight excluding hydrogens is 200 g/mol. The lowest BCUT2D eigenvalue weighted by Crippen LogP contribution is -2.37. The Hall–Kier alpha value is -0.730. The quantitative estimate of drug-likeness (QED) is 0.711. The van der Waals surface area contributed by atoms with Gasteiger partial charge in [0, 0.05) is 13.1 Å². The maximum atomic E-state index is 10.9. The van der Waals surface area contributed by atoms with Crippen LogP contribution in [-0.2, 0) is 0 Å². The fourth-order valence-electron chi connectivity index (χ4n) is 1.03. The highest BCUT2D eigenvalue weighted by atomic mass is 16.2. The molecule has 0 heterocycles. The van der Waals surface area contributed by atoms with E-state index in [2.05, 4.69) is 27.7 Å². The minimum absolute atomic E-state index is 0.281. The van der Waals surface area contributed by atoms with Gasteiger partial charge in [-0.25, -0.2) is 4.79 Å². The minimum atomic E-state index is -0.281. The summed E-state index contributed by atoms with van der Waals surface area (Å²) < 4.78 is 0. The number of nitrogens with zero attached hydrogens (tertiary/aromatic N) is 1. The zero-order chi connectivity index (χ0) is 12.8. The lowest BCUT2D eigenvalue weighted by atomic mass is 10.3. The molecule has 0 saturated carbocycles. The van der Waals surface area contributed by atoms with E-state index in [1.165, 1.54) is 12.8 Å². The summed E-state index contributed by atoms with van der Waals surface area (Å²) in [5, 5.41) is 0. The zero-order valence-electron chi connectivity index (χ0n) is 11.6. The van der Waals surface area contributed by atoms with E-state index in [4.69, 9.17) is 5.73 Å². The van der Waals surface area contributed by atoms with Crippen molar-refractivity contribution in [3.63, 3.8) is 0 Å². The molecule has 0 saturated heterocycles. The van der Waals surface area contributed by atoms with E-state index >= 15 is 0 Å². The monoisotopic (exact) mass is 230 g/mol. The van der Waals surface area contributed by atoms with Gasteiger partial charge in [0.25, 0.3) is 0 Å². The summed E-state index contributed by atoms with van der Waals surface area (Å²) in [6.07, 6.45) is 6.95. The molecule has 98 valence electrons. The van der Waals surface area contributed by atoms with Crippen LogP contribution in [0.15, 0.2) is 0 Å². The molecule has 3 nitrogen and oxygen atoms in total. The lowest BCUT2D eigenvalue weighted by molar-refractivity contribution is 0.205. The average molecular weight is 230 g/mol. The molecule has 0 aliphatic rings. The number of primary amides is 1. The third-order valence-corrected chi connectivity index (χ3v) is 2.37. The SMILES string of the molecule is CCCC.CCCCN(CCCC)C(N)=O. The van der Waals surface area contributed by atoms with Crippen molar-refractivity contribution in [2.24, 2.45) is 5.73 Å². The van der Waals surface area contributed by atoms with E-state index in [9.17, 15) is 4.79 Å². The molecule has 3 heteroatoms. The van der Waals surface area contributed by atoms with Gasteiger partial charge < -0.3 is 10.6 Å². The van der Waals surface area contributed by atoms with E-state index in [1.54, 1.807) is 4.90 Å². The van der Waals surface area contributed by atoms with Crippen molar-refractivity contribution in [2.75, 3.05) is 13.1 Å². The van der Waals surface area contributed by atoms with Crippen LogP contribution in [0.1, 0.15) is 66.2 Å². The van der Waals surface area contributed by atoms with E-state index in [0.717, 1.165) is 38.8 Å². The van der Waals surface area contributed by atoms with Crippen LogP contribution in [0, 0.1) is 0 Å². The number of carbonyl (C=O) groups excluding carboxylic acids is 1. The van der Waals surface area contributed by atoms with Gasteiger partial charge in [-0.3, -0.25) is 0 Å². The standard InChI is InChI=1S/C9H20N2O.C4H10/c1-3-5-7-11(9(10)12)8-6-4-2;1-3-4-2/h3-8H2,1-2H3,(H2,10,12);3-4H2,1-2H3. The molecule has 0 aromatic rings. The zero-order valence-corrected chi connectivity index (χ0v) is 11.6. The van der Waals surface area contributed by atoms with E-state index in [1.807, 2.05) is 0 Å². The number of hydrogen-bond donors (Lipinski definition) is 1. The molecular formula is C13H30N2O. The third kappa shape index (κ3) is 13.3. The van der Waals surface area contributed by atoms with Gasteiger partial charge in [-0.05, 0) is 12.8 Å². The number of amides is 2. The Kier molecular flexibility index (Phi) is 15.7. The van der Waals surface area contributed by atoms with E-state index in [0.29, 0.717) is 0 Å². The largest absolute Gasteiger partial charge is 0.351 e. The van der Waals surface area contributed by atoms with Gasteiger partial charge in [0.2, 0.25) is 0 Å². The molecule has 0 fully saturated rings. The van der Waals surface area contributed by atoms with Crippen molar-refractivity contribution < 1.29 is 4.79 Å². The van der Waals surface area contributed by atoms with Crippen molar-refractivity contribution in [2.45, 2.75) is 66.2 Å². The van der Waals surface area contributed by atoms with Crippen LogP contribution in [0.2, 0.25) is 0 Å². The van der Waals surface area contributed by atoms with Gasteiger partial charge in [-0.1, -0.05) is 53.4 Å². The van der Waals surface area contributed by atoms with Crippen LogP contribution in [0.25, 0.3) is 0 Å². The molecule has 0 radical (unpaired) electrons. The van der Waals surface area contributed by atoms with Gasteiger partial charge in [0.15, 0.2) is 0 Å². The summed E-state index contributed by atoms with van der Waals surface area (Å²) in [5.74, 6) is 0. The van der Waals surface area contributed by atoms with Crippen molar-refractivity contribution in [1.82, 2.24) is 4.90 Å². The first-order valence-electron chi connectivity index (χ1n) is 6.68. The first-order valence-corrected chi connectivity index (χ1v) is 6.68. The van der Waals surface area contributed by atoms with Gasteiger partial charge in [-0.15, -0.1) is 0 Å². The Balaban J connectivity index is 0. The molecule has 2 N–H and O–H groups in total. The Labute approximate surface area is 101 Å². The molecule has 0 aromatic heterocycles. The van der Waals surface area contributed by atoms with E-state index in [-0.39, 0.29) is 6.03 Å². The van der Waals surface area contributed by atoms with Crippen molar-refractivity contribution in [3.05, 3.63) is 0 Å². The fourth-order valence-corrected chi connectivity index (χ4v) is 1.03. The smallest absolute Gasteiger partial charge is 0.314 e. The van der Waals surface area contributed by atoms with Crippen LogP contribution in [0.3, 0.4) is 0 Å². The Morgan fingerprint density at radius 2 is 1.25 bits per heavy atom. The van der Waals surface area contributed by atoms with Crippen LogP contribution in [0.5, 0.6) is 0 Å². The van der Waals surface area contributed by atoms with Gasteiger partial charge in [-0.2, -0.15) is 0 Å². The predicted octanol–water partition coefficient (Wildman–Crippen LogP) is 3.77. The van der Waals surface area contributed by atoms with Crippen LogP contribution in [-0.4, -0.2) is 24.0 Å². The summed E-state index contributed by atoms with van der Waals surface area (Å²) in [6, 6.07) is -0.281. The number of urea groups is 1. The normalized spacial score (nSPS) is 9.25. The molecule has 0 aliphatic heterocycles. The second-order valence-corrected chi connectivity index (χ2v) is 4.03. The van der Waals surface area contributed by atoms with Gasteiger partial charge in [0.05, 0.1) is 0 Å². The topological polar surface area (TPSA) is 46.3 Å². The first kappa shape index (κ1) is 17.7. The Morgan fingerprint density at radius 1 is 0.875 bits per heavy atom. The molecule has 2 amide bonds. The summed E-state index contributed by atoms with van der Waals surface area (Å²) in [5.41, 5.74) is 5.21. The molecule has 0 rings (SSSR count). The molecule has 0 bridgehead atoms.